The number of nitriles is 1. The number of alkyl halides is 3. The highest BCUT2D eigenvalue weighted by Gasteiger charge is 2.29. The van der Waals surface area contributed by atoms with E-state index < -0.39 is 12.6 Å². The molecule has 0 aliphatic carbocycles. The van der Waals surface area contributed by atoms with Crippen LogP contribution >= 0.6 is 23.2 Å². The Hall–Kier alpha value is -4.93. The van der Waals surface area contributed by atoms with Crippen LogP contribution in [-0.4, -0.2) is 48.8 Å². The number of nitrogens with one attached hydrogen (secondary N) is 1. The van der Waals surface area contributed by atoms with E-state index in [1.807, 2.05) is 42.2 Å². The Bertz CT molecular complexity index is 2050. The lowest BCUT2D eigenvalue weighted by Gasteiger charge is -2.32. The standard InChI is InChI=1S/C42H45Cl2F3N6O3/c1-28-32(7-2-9-35(28)36-10-3-11-38(41(36)44)54-25-29-6-5-14-53(24-29)15-12-42(45,46)47)27-56-40-18-39(55-26-31-16-30(19-49)20-51-21-31)33(17-37(40)43)22-52-23-34(50)8-4-13-48/h2-4,7-11,13,16-18,20-21,29,52H,5-6,12,14-15,22-27,48,50H2,1H3/b13-4-,34-8-. The molecule has 0 saturated carbocycles. The van der Waals surface area contributed by atoms with Gasteiger partial charge in [0.25, 0.3) is 0 Å². The molecule has 0 radical (unpaired) electrons. The second kappa shape index (κ2) is 20.3. The minimum absolute atomic E-state index is 0.000868. The predicted molar refractivity (Wildman–Crippen MR) is 213 cm³/mol. The van der Waals surface area contributed by atoms with Crippen LogP contribution in [0.4, 0.5) is 13.2 Å². The largest absolute Gasteiger partial charge is 0.492 e. The number of benzene rings is 3. The van der Waals surface area contributed by atoms with Gasteiger partial charge in [-0.05, 0) is 79.6 Å². The molecule has 1 unspecified atom stereocenters. The predicted octanol–water partition coefficient (Wildman–Crippen LogP) is 8.84. The summed E-state index contributed by atoms with van der Waals surface area (Å²) in [6.07, 6.45) is 4.61. The van der Waals surface area contributed by atoms with Crippen molar-refractivity contribution in [2.24, 2.45) is 17.4 Å². The summed E-state index contributed by atoms with van der Waals surface area (Å²) in [5.74, 6) is 1.57. The molecule has 2 heterocycles. The number of allylic oxidation sites excluding steroid dienone is 2. The second-order valence-electron chi connectivity index (χ2n) is 13.6. The van der Waals surface area contributed by atoms with Crippen molar-refractivity contribution >= 4 is 23.2 Å². The number of hydrogen-bond acceptors (Lipinski definition) is 9. The van der Waals surface area contributed by atoms with Crippen molar-refractivity contribution < 1.29 is 27.4 Å². The molecule has 1 aliphatic heterocycles. The normalized spacial score (nSPS) is 15.2. The number of halogens is 5. The van der Waals surface area contributed by atoms with E-state index in [2.05, 4.69) is 16.4 Å². The van der Waals surface area contributed by atoms with Gasteiger partial charge >= 0.3 is 6.18 Å². The number of pyridine rings is 1. The van der Waals surface area contributed by atoms with Gasteiger partial charge < -0.3 is 35.9 Å². The van der Waals surface area contributed by atoms with Gasteiger partial charge in [0.1, 0.15) is 36.5 Å². The summed E-state index contributed by atoms with van der Waals surface area (Å²) >= 11 is 13.7. The lowest BCUT2D eigenvalue weighted by molar-refractivity contribution is -0.138. The maximum Gasteiger partial charge on any atom is 0.390 e. The molecular weight excluding hydrogens is 764 g/mol. The Morgan fingerprint density at radius 1 is 1.02 bits per heavy atom. The number of nitrogens with zero attached hydrogens (tertiary/aromatic N) is 3. The van der Waals surface area contributed by atoms with Gasteiger partial charge in [0.05, 0.1) is 28.6 Å². The van der Waals surface area contributed by atoms with Gasteiger partial charge in [-0.1, -0.05) is 53.5 Å². The Balaban J connectivity index is 1.29. The van der Waals surface area contributed by atoms with Crippen molar-refractivity contribution in [3.63, 3.8) is 0 Å². The third-order valence-corrected chi connectivity index (χ3v) is 10.1. The highest BCUT2D eigenvalue weighted by molar-refractivity contribution is 6.35. The zero-order chi connectivity index (χ0) is 40.1. The maximum atomic E-state index is 12.8. The van der Waals surface area contributed by atoms with Crippen LogP contribution in [0.1, 0.15) is 47.1 Å². The lowest BCUT2D eigenvalue weighted by atomic mass is 9.96. The molecule has 1 atom stereocenters. The van der Waals surface area contributed by atoms with Gasteiger partial charge in [0.2, 0.25) is 0 Å². The van der Waals surface area contributed by atoms with Crippen molar-refractivity contribution in [1.82, 2.24) is 15.2 Å². The fraction of sp³-hybridized carbons (Fsp3) is 0.333. The van der Waals surface area contributed by atoms with Crippen LogP contribution in [0.2, 0.25) is 10.0 Å². The first kappa shape index (κ1) is 42.2. The molecule has 1 fully saturated rings. The molecule has 14 heteroatoms. The first-order valence-electron chi connectivity index (χ1n) is 18.2. The van der Waals surface area contributed by atoms with Gasteiger partial charge in [-0.15, -0.1) is 0 Å². The second-order valence-corrected chi connectivity index (χ2v) is 14.4. The molecule has 5 N–H and O–H groups in total. The monoisotopic (exact) mass is 808 g/mol. The molecular formula is C42H45Cl2F3N6O3. The molecule has 56 heavy (non-hydrogen) atoms. The molecule has 0 bridgehead atoms. The van der Waals surface area contributed by atoms with Crippen molar-refractivity contribution in [1.29, 1.82) is 5.26 Å². The van der Waals surface area contributed by atoms with Crippen LogP contribution in [0, 0.1) is 24.2 Å². The molecule has 5 rings (SSSR count). The van der Waals surface area contributed by atoms with Crippen molar-refractivity contribution in [2.75, 3.05) is 32.8 Å². The van der Waals surface area contributed by atoms with E-state index >= 15 is 0 Å². The van der Waals surface area contributed by atoms with Gasteiger partial charge in [0.15, 0.2) is 0 Å². The SMILES string of the molecule is Cc1c(COc2cc(OCc3cncc(C#N)c3)c(CNC/C(N)=C/C=C\N)cc2Cl)cccc1-c1cccc(OCC2CCCN(CCC(F)(F)F)C2)c1Cl. The van der Waals surface area contributed by atoms with Crippen molar-refractivity contribution in [3.8, 4) is 34.4 Å². The fourth-order valence-corrected chi connectivity index (χ4v) is 6.95. The molecule has 0 amide bonds. The number of piperidine rings is 1. The molecule has 1 aromatic heterocycles. The van der Waals surface area contributed by atoms with E-state index in [1.165, 1.54) is 12.4 Å². The Kier molecular flexibility index (Phi) is 15.3. The maximum absolute atomic E-state index is 12.8. The van der Waals surface area contributed by atoms with E-state index in [0.717, 1.165) is 46.2 Å². The molecule has 9 nitrogen and oxygen atoms in total. The Labute approximate surface area is 335 Å². The Morgan fingerprint density at radius 2 is 1.80 bits per heavy atom. The lowest BCUT2D eigenvalue weighted by Crippen LogP contribution is -2.39. The summed E-state index contributed by atoms with van der Waals surface area (Å²) in [4.78, 5) is 5.99. The third-order valence-electron chi connectivity index (χ3n) is 9.37. The molecule has 1 saturated heterocycles. The smallest absolute Gasteiger partial charge is 0.390 e. The number of hydrogen-bond donors (Lipinski definition) is 3. The summed E-state index contributed by atoms with van der Waals surface area (Å²) in [5.41, 5.74) is 17.5. The first-order chi connectivity index (χ1) is 26.9. The average Bonchev–Trinajstić information content (AvgIpc) is 3.18. The summed E-state index contributed by atoms with van der Waals surface area (Å²) in [7, 11) is 0. The topological polar surface area (TPSA) is 132 Å². The van der Waals surface area contributed by atoms with Crippen LogP contribution in [0.5, 0.6) is 17.2 Å². The average molecular weight is 810 g/mol. The number of nitrogens with two attached hydrogens (primary N) is 2. The highest BCUT2D eigenvalue weighted by Crippen LogP contribution is 2.39. The molecule has 3 aromatic carbocycles. The minimum atomic E-state index is -4.17. The number of likely N-dealkylation sites (tertiary alicyclic amines) is 1. The number of ether oxygens (including phenoxy) is 3. The zero-order valence-corrected chi connectivity index (χ0v) is 32.6. The quantitative estimate of drug-likeness (QED) is 0.0896. The van der Waals surface area contributed by atoms with Crippen LogP contribution in [0.3, 0.4) is 0 Å². The zero-order valence-electron chi connectivity index (χ0n) is 31.0. The van der Waals surface area contributed by atoms with Gasteiger partial charge in [-0.25, -0.2) is 0 Å². The Morgan fingerprint density at radius 3 is 2.59 bits per heavy atom. The van der Waals surface area contributed by atoms with Gasteiger partial charge in [0, 0.05) is 72.9 Å². The number of rotatable bonds is 17. The van der Waals surface area contributed by atoms with E-state index in [1.54, 1.807) is 42.6 Å². The van der Waals surface area contributed by atoms with Gasteiger partial charge in [-0.2, -0.15) is 18.4 Å². The van der Waals surface area contributed by atoms with E-state index in [4.69, 9.17) is 48.9 Å². The first-order valence-corrected chi connectivity index (χ1v) is 18.9. The summed E-state index contributed by atoms with van der Waals surface area (Å²) in [5, 5.41) is 13.4. The fourth-order valence-electron chi connectivity index (χ4n) is 6.43. The molecule has 0 spiro atoms. The molecule has 1 aliphatic rings. The summed E-state index contributed by atoms with van der Waals surface area (Å²) in [6.45, 7) is 4.71. The summed E-state index contributed by atoms with van der Waals surface area (Å²) < 4.78 is 57.1. The van der Waals surface area contributed by atoms with E-state index in [-0.39, 0.29) is 25.7 Å². The van der Waals surface area contributed by atoms with Crippen LogP contribution in [-0.2, 0) is 19.8 Å². The van der Waals surface area contributed by atoms with E-state index in [0.29, 0.717) is 71.3 Å². The molecule has 296 valence electrons. The highest BCUT2D eigenvalue weighted by atomic mass is 35.5. The number of aromatic nitrogens is 1. The molecule has 4 aromatic rings. The van der Waals surface area contributed by atoms with E-state index in [9.17, 15) is 18.4 Å². The van der Waals surface area contributed by atoms with Crippen LogP contribution < -0.4 is 31.0 Å². The summed E-state index contributed by atoms with van der Waals surface area (Å²) in [6, 6.07) is 18.8. The van der Waals surface area contributed by atoms with Crippen molar-refractivity contribution in [2.45, 2.75) is 52.1 Å². The third kappa shape index (κ3) is 12.3. The van der Waals surface area contributed by atoms with Crippen molar-refractivity contribution in [3.05, 3.63) is 129 Å². The van der Waals surface area contributed by atoms with Gasteiger partial charge in [-0.3, -0.25) is 4.98 Å². The minimum Gasteiger partial charge on any atom is -0.492 e. The van der Waals surface area contributed by atoms with Crippen LogP contribution in [0.15, 0.2) is 91.0 Å². The van der Waals surface area contributed by atoms with Crippen LogP contribution in [0.25, 0.3) is 11.1 Å².